The second-order valence-electron chi connectivity index (χ2n) is 5.17. The van der Waals surface area contributed by atoms with Crippen LogP contribution in [0, 0.1) is 11.3 Å². The van der Waals surface area contributed by atoms with Crippen molar-refractivity contribution in [2.45, 2.75) is 40.0 Å². The lowest BCUT2D eigenvalue weighted by molar-refractivity contribution is -0.137. The van der Waals surface area contributed by atoms with E-state index in [9.17, 15) is 4.79 Å². The Labute approximate surface area is 81.3 Å². The van der Waals surface area contributed by atoms with E-state index in [-0.39, 0.29) is 11.3 Å². The molecule has 0 aromatic heterocycles. The average Bonchev–Trinajstić information content (AvgIpc) is 2.14. The van der Waals surface area contributed by atoms with Crippen molar-refractivity contribution < 1.29 is 4.79 Å². The zero-order valence-electron chi connectivity index (χ0n) is 9.26. The highest BCUT2D eigenvalue weighted by Crippen LogP contribution is 2.33. The van der Waals surface area contributed by atoms with Crippen molar-refractivity contribution in [3.8, 4) is 0 Å². The summed E-state index contributed by atoms with van der Waals surface area (Å²) in [5, 5.41) is 0. The fourth-order valence-corrected chi connectivity index (χ4v) is 2.00. The molecule has 0 saturated carbocycles. The molecule has 0 spiro atoms. The van der Waals surface area contributed by atoms with E-state index in [1.54, 1.807) is 0 Å². The SMILES string of the molecule is CN1CCCCC(C(C)(C)C)C1=O. The van der Waals surface area contributed by atoms with E-state index >= 15 is 0 Å². The van der Waals surface area contributed by atoms with E-state index in [0.29, 0.717) is 5.91 Å². The van der Waals surface area contributed by atoms with Gasteiger partial charge in [0.15, 0.2) is 0 Å². The van der Waals surface area contributed by atoms with Crippen LogP contribution in [0.25, 0.3) is 0 Å². The summed E-state index contributed by atoms with van der Waals surface area (Å²) < 4.78 is 0. The molecule has 1 fully saturated rings. The lowest BCUT2D eigenvalue weighted by Gasteiger charge is -2.30. The van der Waals surface area contributed by atoms with Gasteiger partial charge in [-0.3, -0.25) is 4.79 Å². The van der Waals surface area contributed by atoms with Crippen molar-refractivity contribution in [3.63, 3.8) is 0 Å². The molecule has 2 nitrogen and oxygen atoms in total. The zero-order chi connectivity index (χ0) is 10.1. The van der Waals surface area contributed by atoms with Crippen molar-refractivity contribution in [2.75, 3.05) is 13.6 Å². The third kappa shape index (κ3) is 2.45. The summed E-state index contributed by atoms with van der Waals surface area (Å²) in [5.41, 5.74) is 0.121. The van der Waals surface area contributed by atoms with Crippen molar-refractivity contribution >= 4 is 5.91 Å². The van der Waals surface area contributed by atoms with E-state index in [1.807, 2.05) is 11.9 Å². The molecule has 1 aliphatic heterocycles. The van der Waals surface area contributed by atoms with Crippen LogP contribution in [0.2, 0.25) is 0 Å². The molecule has 1 amide bonds. The summed E-state index contributed by atoms with van der Waals surface area (Å²) in [6.45, 7) is 7.42. The van der Waals surface area contributed by atoms with Crippen LogP contribution in [0.4, 0.5) is 0 Å². The van der Waals surface area contributed by atoms with Crippen LogP contribution >= 0.6 is 0 Å². The molecular formula is C11H21NO. The topological polar surface area (TPSA) is 20.3 Å². The van der Waals surface area contributed by atoms with E-state index in [0.717, 1.165) is 19.4 Å². The number of likely N-dealkylation sites (tertiary alicyclic amines) is 1. The fraction of sp³-hybridized carbons (Fsp3) is 0.909. The van der Waals surface area contributed by atoms with Gasteiger partial charge in [0, 0.05) is 19.5 Å². The molecule has 0 radical (unpaired) electrons. The molecule has 0 aromatic carbocycles. The monoisotopic (exact) mass is 183 g/mol. The number of carbonyl (C=O) groups excluding carboxylic acids is 1. The Bertz CT molecular complexity index is 193. The van der Waals surface area contributed by atoms with Gasteiger partial charge in [-0.1, -0.05) is 27.2 Å². The quantitative estimate of drug-likeness (QED) is 0.564. The maximum atomic E-state index is 11.9. The van der Waals surface area contributed by atoms with Crippen LogP contribution in [-0.2, 0) is 4.79 Å². The smallest absolute Gasteiger partial charge is 0.225 e. The van der Waals surface area contributed by atoms with Gasteiger partial charge in [-0.2, -0.15) is 0 Å². The average molecular weight is 183 g/mol. The van der Waals surface area contributed by atoms with Gasteiger partial charge in [-0.05, 0) is 18.3 Å². The molecule has 1 saturated heterocycles. The third-order valence-electron chi connectivity index (χ3n) is 2.96. The summed E-state index contributed by atoms with van der Waals surface area (Å²) >= 11 is 0. The van der Waals surface area contributed by atoms with Crippen molar-refractivity contribution in [2.24, 2.45) is 11.3 Å². The van der Waals surface area contributed by atoms with Gasteiger partial charge in [-0.25, -0.2) is 0 Å². The van der Waals surface area contributed by atoms with Crippen LogP contribution in [0.1, 0.15) is 40.0 Å². The molecule has 0 aliphatic carbocycles. The zero-order valence-corrected chi connectivity index (χ0v) is 9.26. The van der Waals surface area contributed by atoms with Crippen LogP contribution in [0.5, 0.6) is 0 Å². The largest absolute Gasteiger partial charge is 0.346 e. The highest BCUT2D eigenvalue weighted by atomic mass is 16.2. The second kappa shape index (κ2) is 3.69. The van der Waals surface area contributed by atoms with E-state index in [1.165, 1.54) is 6.42 Å². The lowest BCUT2D eigenvalue weighted by atomic mass is 9.77. The van der Waals surface area contributed by atoms with E-state index in [2.05, 4.69) is 20.8 Å². The lowest BCUT2D eigenvalue weighted by Crippen LogP contribution is -2.37. The molecule has 1 atom stereocenters. The standard InChI is InChI=1S/C11H21NO/c1-11(2,3)9-7-5-6-8-12(4)10(9)13/h9H,5-8H2,1-4H3. The minimum atomic E-state index is 0.121. The summed E-state index contributed by atoms with van der Waals surface area (Å²) in [7, 11) is 1.92. The maximum absolute atomic E-state index is 11.9. The number of hydrogen-bond acceptors (Lipinski definition) is 1. The van der Waals surface area contributed by atoms with Gasteiger partial charge in [-0.15, -0.1) is 0 Å². The summed E-state index contributed by atoms with van der Waals surface area (Å²) in [5.74, 6) is 0.560. The Balaban J connectivity index is 2.76. The van der Waals surface area contributed by atoms with Crippen molar-refractivity contribution in [1.29, 1.82) is 0 Å². The molecule has 0 aromatic rings. The van der Waals surface area contributed by atoms with Gasteiger partial charge in [0.25, 0.3) is 0 Å². The van der Waals surface area contributed by atoms with Crippen molar-refractivity contribution in [3.05, 3.63) is 0 Å². The van der Waals surface area contributed by atoms with E-state index in [4.69, 9.17) is 0 Å². The minimum Gasteiger partial charge on any atom is -0.346 e. The van der Waals surface area contributed by atoms with Crippen LogP contribution in [0.3, 0.4) is 0 Å². The molecule has 76 valence electrons. The van der Waals surface area contributed by atoms with Gasteiger partial charge in [0.1, 0.15) is 0 Å². The maximum Gasteiger partial charge on any atom is 0.225 e. The number of hydrogen-bond donors (Lipinski definition) is 0. The minimum absolute atomic E-state index is 0.121. The Kier molecular flexibility index (Phi) is 2.99. The van der Waals surface area contributed by atoms with Crippen LogP contribution in [0.15, 0.2) is 0 Å². The summed E-state index contributed by atoms with van der Waals surface area (Å²) in [6.07, 6.45) is 3.42. The highest BCUT2D eigenvalue weighted by molar-refractivity contribution is 5.79. The van der Waals surface area contributed by atoms with E-state index < -0.39 is 0 Å². The van der Waals surface area contributed by atoms with Gasteiger partial charge in [0.05, 0.1) is 0 Å². The predicted octanol–water partition coefficient (Wildman–Crippen LogP) is 2.29. The van der Waals surface area contributed by atoms with Crippen LogP contribution < -0.4 is 0 Å². The first-order valence-corrected chi connectivity index (χ1v) is 5.18. The van der Waals surface area contributed by atoms with Crippen molar-refractivity contribution in [1.82, 2.24) is 4.90 Å². The molecule has 13 heavy (non-hydrogen) atoms. The molecule has 1 rings (SSSR count). The van der Waals surface area contributed by atoms with Gasteiger partial charge in [0.2, 0.25) is 5.91 Å². The molecule has 0 bridgehead atoms. The highest BCUT2D eigenvalue weighted by Gasteiger charge is 2.33. The molecule has 1 aliphatic rings. The normalized spacial score (nSPS) is 26.0. The van der Waals surface area contributed by atoms with Gasteiger partial charge < -0.3 is 4.90 Å². The fourth-order valence-electron chi connectivity index (χ4n) is 2.00. The summed E-state index contributed by atoms with van der Waals surface area (Å²) in [6, 6.07) is 0. The third-order valence-corrected chi connectivity index (χ3v) is 2.96. The first-order chi connectivity index (χ1) is 5.93. The molecule has 2 heteroatoms. The predicted molar refractivity (Wildman–Crippen MR) is 54.4 cm³/mol. The Morgan fingerprint density at radius 2 is 1.92 bits per heavy atom. The first-order valence-electron chi connectivity index (χ1n) is 5.18. The number of carbonyl (C=O) groups is 1. The number of nitrogens with zero attached hydrogens (tertiary/aromatic N) is 1. The Hall–Kier alpha value is -0.530. The molecule has 1 heterocycles. The molecule has 0 N–H and O–H groups in total. The number of amides is 1. The second-order valence-corrected chi connectivity index (χ2v) is 5.17. The Morgan fingerprint density at radius 1 is 1.31 bits per heavy atom. The first kappa shape index (κ1) is 10.6. The van der Waals surface area contributed by atoms with Crippen LogP contribution in [-0.4, -0.2) is 24.4 Å². The van der Waals surface area contributed by atoms with Gasteiger partial charge >= 0.3 is 0 Å². The molecular weight excluding hydrogens is 162 g/mol. The Morgan fingerprint density at radius 3 is 2.46 bits per heavy atom. The number of rotatable bonds is 0. The summed E-state index contributed by atoms with van der Waals surface area (Å²) in [4.78, 5) is 13.8. The molecule has 1 unspecified atom stereocenters.